The maximum absolute atomic E-state index is 10.4. The zero-order valence-electron chi connectivity index (χ0n) is 8.43. The molecule has 1 amide bonds. The Morgan fingerprint density at radius 3 is 2.00 bits per heavy atom. The van der Waals surface area contributed by atoms with Gasteiger partial charge in [-0.2, -0.15) is 0 Å². The second-order valence-corrected chi connectivity index (χ2v) is 2.76. The average molecular weight is 207 g/mol. The van der Waals surface area contributed by atoms with E-state index in [1.807, 2.05) is 6.07 Å². The molecule has 0 heterocycles. The Hall–Kier alpha value is -2.10. The van der Waals surface area contributed by atoms with Crippen molar-refractivity contribution in [3.63, 3.8) is 0 Å². The summed E-state index contributed by atoms with van der Waals surface area (Å²) in [5.41, 5.74) is 5.26. The summed E-state index contributed by atoms with van der Waals surface area (Å²) in [6.07, 6.45) is 0. The number of amides is 1. The van der Waals surface area contributed by atoms with E-state index < -0.39 is 5.97 Å². The van der Waals surface area contributed by atoms with Crippen LogP contribution in [0.2, 0.25) is 0 Å². The first-order chi connectivity index (χ1) is 6.95. The molecule has 80 valence electrons. The average Bonchev–Trinajstić information content (AvgIpc) is 2.17. The third kappa shape index (κ3) is 6.04. The maximum atomic E-state index is 10.4. The van der Waals surface area contributed by atoms with Gasteiger partial charge in [-0.05, 0) is 5.56 Å². The molecule has 0 aliphatic carbocycles. The number of nitrogens with two attached hydrogens (primary N) is 1. The molecule has 0 atom stereocenters. The number of carbonyl (C=O) groups is 2. The van der Waals surface area contributed by atoms with Crippen LogP contribution in [0, 0.1) is 0 Å². The highest BCUT2D eigenvalue weighted by molar-refractivity contribution is 6.14. The monoisotopic (exact) mass is 207 g/mol. The standard InChI is InChI=1S/C9H8O2.C2H5NO/c1-7(9(10)11)8-5-3-2-4-6-8;1-2(3)4/h2-6H,1H2,(H,10,11);1H3,(H2,3,4). The third-order valence-electron chi connectivity index (χ3n) is 1.38. The quantitative estimate of drug-likeness (QED) is 0.717. The molecular weight excluding hydrogens is 194 g/mol. The fourth-order valence-electron chi connectivity index (χ4n) is 0.763. The van der Waals surface area contributed by atoms with Crippen molar-refractivity contribution in [1.29, 1.82) is 0 Å². The van der Waals surface area contributed by atoms with Crippen LogP contribution < -0.4 is 5.73 Å². The van der Waals surface area contributed by atoms with Crippen molar-refractivity contribution in [3.8, 4) is 0 Å². The van der Waals surface area contributed by atoms with Crippen LogP contribution in [0.3, 0.4) is 0 Å². The number of carbonyl (C=O) groups excluding carboxylic acids is 1. The molecule has 0 bridgehead atoms. The molecule has 0 fully saturated rings. The zero-order valence-corrected chi connectivity index (χ0v) is 8.43. The predicted octanol–water partition coefficient (Wildman–Crippen LogP) is 1.28. The summed E-state index contributed by atoms with van der Waals surface area (Å²) in [7, 11) is 0. The van der Waals surface area contributed by atoms with Gasteiger partial charge in [0.1, 0.15) is 0 Å². The lowest BCUT2D eigenvalue weighted by Gasteiger charge is -1.97. The molecule has 0 unspecified atom stereocenters. The van der Waals surface area contributed by atoms with Crippen LogP contribution in [0.4, 0.5) is 0 Å². The number of carboxylic acids is 1. The van der Waals surface area contributed by atoms with E-state index in [2.05, 4.69) is 12.3 Å². The largest absolute Gasteiger partial charge is 0.478 e. The summed E-state index contributed by atoms with van der Waals surface area (Å²) in [6, 6.07) is 8.83. The van der Waals surface area contributed by atoms with Gasteiger partial charge in [-0.1, -0.05) is 36.9 Å². The summed E-state index contributed by atoms with van der Waals surface area (Å²) < 4.78 is 0. The summed E-state index contributed by atoms with van der Waals surface area (Å²) in [5.74, 6) is -1.31. The minimum atomic E-state index is -0.976. The Morgan fingerprint density at radius 2 is 1.67 bits per heavy atom. The molecule has 0 radical (unpaired) electrons. The maximum Gasteiger partial charge on any atom is 0.335 e. The molecule has 0 aromatic heterocycles. The van der Waals surface area contributed by atoms with Crippen molar-refractivity contribution in [2.75, 3.05) is 0 Å². The number of aliphatic carboxylic acids is 1. The van der Waals surface area contributed by atoms with Gasteiger partial charge in [0.05, 0.1) is 5.57 Å². The highest BCUT2D eigenvalue weighted by Gasteiger charge is 2.04. The fourth-order valence-corrected chi connectivity index (χ4v) is 0.763. The number of rotatable bonds is 2. The summed E-state index contributed by atoms with van der Waals surface area (Å²) >= 11 is 0. The molecule has 0 aliphatic heterocycles. The number of hydrogen-bond donors (Lipinski definition) is 2. The molecule has 3 N–H and O–H groups in total. The molecule has 0 saturated carbocycles. The van der Waals surface area contributed by atoms with Gasteiger partial charge in [-0.3, -0.25) is 4.79 Å². The van der Waals surface area contributed by atoms with Crippen LogP contribution >= 0.6 is 0 Å². The first kappa shape index (κ1) is 12.9. The first-order valence-electron chi connectivity index (χ1n) is 4.18. The molecule has 0 aliphatic rings. The number of primary amides is 1. The van der Waals surface area contributed by atoms with Crippen molar-refractivity contribution in [2.45, 2.75) is 6.92 Å². The first-order valence-corrected chi connectivity index (χ1v) is 4.18. The van der Waals surface area contributed by atoms with E-state index in [-0.39, 0.29) is 11.5 Å². The van der Waals surface area contributed by atoms with Crippen molar-refractivity contribution in [3.05, 3.63) is 42.5 Å². The minimum absolute atomic E-state index is 0.130. The normalized spacial score (nSPS) is 8.33. The highest BCUT2D eigenvalue weighted by Crippen LogP contribution is 2.10. The van der Waals surface area contributed by atoms with Crippen LogP contribution in [0.15, 0.2) is 36.9 Å². The minimum Gasteiger partial charge on any atom is -0.478 e. The van der Waals surface area contributed by atoms with E-state index in [1.54, 1.807) is 24.3 Å². The van der Waals surface area contributed by atoms with Gasteiger partial charge < -0.3 is 10.8 Å². The van der Waals surface area contributed by atoms with Crippen molar-refractivity contribution in [1.82, 2.24) is 0 Å². The van der Waals surface area contributed by atoms with Crippen LogP contribution in [0.1, 0.15) is 12.5 Å². The Kier molecular flexibility index (Phi) is 5.48. The Labute approximate surface area is 88.0 Å². The zero-order chi connectivity index (χ0) is 11.8. The van der Waals surface area contributed by atoms with Crippen molar-refractivity contribution < 1.29 is 14.7 Å². The van der Waals surface area contributed by atoms with E-state index in [9.17, 15) is 9.59 Å². The number of benzene rings is 1. The lowest BCUT2D eigenvalue weighted by molar-refractivity contribution is -0.130. The van der Waals surface area contributed by atoms with Gasteiger partial charge in [-0.25, -0.2) is 4.79 Å². The molecule has 1 rings (SSSR count). The molecular formula is C11H13NO3. The van der Waals surface area contributed by atoms with Crippen LogP contribution in [0.5, 0.6) is 0 Å². The number of carboxylic acid groups (broad SMARTS) is 1. The molecule has 1 aromatic carbocycles. The second-order valence-electron chi connectivity index (χ2n) is 2.76. The van der Waals surface area contributed by atoms with Crippen LogP contribution in [0.25, 0.3) is 5.57 Å². The van der Waals surface area contributed by atoms with Crippen molar-refractivity contribution >= 4 is 17.4 Å². The van der Waals surface area contributed by atoms with Gasteiger partial charge in [0.25, 0.3) is 0 Å². The summed E-state index contributed by atoms with van der Waals surface area (Å²) in [5, 5.41) is 8.54. The van der Waals surface area contributed by atoms with Gasteiger partial charge in [-0.15, -0.1) is 0 Å². The van der Waals surface area contributed by atoms with Crippen LogP contribution in [-0.2, 0) is 9.59 Å². The predicted molar refractivity (Wildman–Crippen MR) is 58.0 cm³/mol. The molecule has 4 heteroatoms. The summed E-state index contributed by atoms with van der Waals surface area (Å²) in [6.45, 7) is 4.73. The smallest absolute Gasteiger partial charge is 0.335 e. The summed E-state index contributed by atoms with van der Waals surface area (Å²) in [4.78, 5) is 19.6. The lowest BCUT2D eigenvalue weighted by atomic mass is 10.1. The Balaban J connectivity index is 0.000000423. The second kappa shape index (κ2) is 6.37. The number of hydrogen-bond acceptors (Lipinski definition) is 2. The SMILES string of the molecule is C=C(C(=O)O)c1ccccc1.CC(N)=O. The van der Waals surface area contributed by atoms with Crippen LogP contribution in [-0.4, -0.2) is 17.0 Å². The molecule has 0 spiro atoms. The van der Waals surface area contributed by atoms with Crippen molar-refractivity contribution in [2.24, 2.45) is 5.73 Å². The molecule has 15 heavy (non-hydrogen) atoms. The third-order valence-corrected chi connectivity index (χ3v) is 1.38. The van der Waals surface area contributed by atoms with Gasteiger partial charge in [0, 0.05) is 6.92 Å². The van der Waals surface area contributed by atoms with E-state index in [1.165, 1.54) is 6.92 Å². The van der Waals surface area contributed by atoms with E-state index in [0.717, 1.165) is 0 Å². The fraction of sp³-hybridized carbons (Fsp3) is 0.0909. The molecule has 0 saturated heterocycles. The van der Waals surface area contributed by atoms with E-state index in [4.69, 9.17) is 5.11 Å². The highest BCUT2D eigenvalue weighted by atomic mass is 16.4. The molecule has 1 aromatic rings. The van der Waals surface area contributed by atoms with Gasteiger partial charge in [0.15, 0.2) is 0 Å². The Morgan fingerprint density at radius 1 is 1.27 bits per heavy atom. The Bertz CT molecular complexity index is 353. The molecule has 4 nitrogen and oxygen atoms in total. The lowest BCUT2D eigenvalue weighted by Crippen LogP contribution is -2.01. The topological polar surface area (TPSA) is 80.4 Å². The van der Waals surface area contributed by atoms with E-state index in [0.29, 0.717) is 5.56 Å². The van der Waals surface area contributed by atoms with E-state index >= 15 is 0 Å². The van der Waals surface area contributed by atoms with Gasteiger partial charge in [0.2, 0.25) is 5.91 Å². The van der Waals surface area contributed by atoms with Gasteiger partial charge >= 0.3 is 5.97 Å².